The Kier molecular flexibility index (Phi) is 13.9. The fraction of sp³-hybridized carbons (Fsp3) is 0.690. The molecule has 0 unspecified atom stereocenters. The Bertz CT molecular complexity index is 1190. The minimum atomic E-state index is -1.07. The van der Waals surface area contributed by atoms with Crippen LogP contribution in [0, 0.1) is 5.92 Å². The number of amides is 2. The Balaban J connectivity index is 1.04. The van der Waals surface area contributed by atoms with Crippen LogP contribution < -0.4 is 21.3 Å². The zero-order valence-corrected chi connectivity index (χ0v) is 26.1. The molecule has 0 radical (unpaired) electrons. The summed E-state index contributed by atoms with van der Waals surface area (Å²) in [5.41, 5.74) is 2.86. The lowest BCUT2D eigenvalue weighted by molar-refractivity contribution is -0.120. The van der Waals surface area contributed by atoms with Crippen molar-refractivity contribution >= 4 is 29.5 Å². The fourth-order valence-electron chi connectivity index (χ4n) is 5.08. The Morgan fingerprint density at radius 3 is 2.23 bits per heavy atom. The molecule has 0 spiro atoms. The van der Waals surface area contributed by atoms with Crippen molar-refractivity contribution in [1.29, 1.82) is 0 Å². The Morgan fingerprint density at radius 1 is 0.932 bits per heavy atom. The standard InChI is InChI=1S/C29H45ClN8O6/c1-38-25(16-20-2-3-20)23(17-35-38)27-24(30)18-34-28(37-27)36-22-6-4-21(5-7-22)33-19-26(39)31-8-10-42-12-14-44-15-13-43-11-9-32-29(40)41/h17-18,20-22,32-33H,2-16,19H2,1H3,(H,31,39)(H,40,41)(H,34,36,37)/t21-,22-. The minimum Gasteiger partial charge on any atom is -0.465 e. The predicted molar refractivity (Wildman–Crippen MR) is 165 cm³/mol. The van der Waals surface area contributed by atoms with Gasteiger partial charge in [0.05, 0.1) is 69.3 Å². The molecule has 4 rings (SSSR count). The number of aryl methyl sites for hydroxylation is 1. The number of anilines is 1. The normalized spacial score (nSPS) is 18.2. The van der Waals surface area contributed by atoms with E-state index in [1.807, 2.05) is 17.9 Å². The molecule has 0 atom stereocenters. The molecule has 2 aliphatic rings. The number of rotatable bonds is 20. The number of aromatic nitrogens is 4. The maximum atomic E-state index is 12.2. The van der Waals surface area contributed by atoms with E-state index in [-0.39, 0.29) is 31.1 Å². The molecule has 44 heavy (non-hydrogen) atoms. The van der Waals surface area contributed by atoms with Crippen LogP contribution >= 0.6 is 11.6 Å². The Labute approximate surface area is 263 Å². The van der Waals surface area contributed by atoms with Gasteiger partial charge in [-0.1, -0.05) is 11.6 Å². The lowest BCUT2D eigenvalue weighted by Gasteiger charge is -2.29. The summed E-state index contributed by atoms with van der Waals surface area (Å²) in [6, 6.07) is 0.539. The van der Waals surface area contributed by atoms with E-state index >= 15 is 0 Å². The summed E-state index contributed by atoms with van der Waals surface area (Å²) in [5, 5.41) is 25.4. The minimum absolute atomic E-state index is 0.0572. The van der Waals surface area contributed by atoms with Gasteiger partial charge in [0.1, 0.15) is 0 Å². The lowest BCUT2D eigenvalue weighted by atomic mass is 9.91. The highest BCUT2D eigenvalue weighted by atomic mass is 35.5. The number of hydrogen-bond acceptors (Lipinski definition) is 10. The van der Waals surface area contributed by atoms with Gasteiger partial charge in [-0.3, -0.25) is 9.48 Å². The molecule has 244 valence electrons. The molecule has 0 aromatic carbocycles. The quantitative estimate of drug-likeness (QED) is 0.135. The lowest BCUT2D eigenvalue weighted by Crippen LogP contribution is -2.43. The number of halogens is 1. The van der Waals surface area contributed by atoms with E-state index in [0.29, 0.717) is 57.2 Å². The van der Waals surface area contributed by atoms with Gasteiger partial charge in [-0.25, -0.2) is 14.8 Å². The van der Waals surface area contributed by atoms with Gasteiger partial charge in [-0.2, -0.15) is 5.10 Å². The van der Waals surface area contributed by atoms with Crippen LogP contribution in [-0.4, -0.2) is 108 Å². The first kappa shape index (κ1) is 33.8. The van der Waals surface area contributed by atoms with Crippen LogP contribution in [0.3, 0.4) is 0 Å². The smallest absolute Gasteiger partial charge is 0.404 e. The molecule has 15 heteroatoms. The number of nitrogens with zero attached hydrogens (tertiary/aromatic N) is 4. The molecule has 0 saturated heterocycles. The molecule has 2 amide bonds. The zero-order valence-electron chi connectivity index (χ0n) is 25.4. The van der Waals surface area contributed by atoms with Crippen LogP contribution in [0.25, 0.3) is 11.3 Å². The molecule has 2 fully saturated rings. The van der Waals surface area contributed by atoms with Gasteiger partial charge in [0, 0.05) is 43.5 Å². The van der Waals surface area contributed by atoms with Gasteiger partial charge in [0.25, 0.3) is 0 Å². The van der Waals surface area contributed by atoms with Crippen molar-refractivity contribution in [3.8, 4) is 11.3 Å². The van der Waals surface area contributed by atoms with Crippen LogP contribution in [0.2, 0.25) is 5.02 Å². The Morgan fingerprint density at radius 2 is 1.57 bits per heavy atom. The second-order valence-corrected chi connectivity index (χ2v) is 11.6. The average Bonchev–Trinajstić information content (AvgIpc) is 3.77. The summed E-state index contributed by atoms with van der Waals surface area (Å²) >= 11 is 6.52. The molecular formula is C29H45ClN8O6. The maximum absolute atomic E-state index is 12.2. The van der Waals surface area contributed by atoms with Crippen LogP contribution in [0.4, 0.5) is 10.7 Å². The van der Waals surface area contributed by atoms with Crippen LogP contribution in [-0.2, 0) is 32.5 Å². The van der Waals surface area contributed by atoms with E-state index < -0.39 is 6.09 Å². The van der Waals surface area contributed by atoms with Crippen LogP contribution in [0.5, 0.6) is 0 Å². The summed E-state index contributed by atoms with van der Waals surface area (Å²) in [4.78, 5) is 31.7. The highest BCUT2D eigenvalue weighted by Crippen LogP contribution is 2.37. The van der Waals surface area contributed by atoms with E-state index in [0.717, 1.165) is 55.0 Å². The third kappa shape index (κ3) is 11.8. The van der Waals surface area contributed by atoms with E-state index in [1.54, 1.807) is 6.20 Å². The topological polar surface area (TPSA) is 174 Å². The highest BCUT2D eigenvalue weighted by Gasteiger charge is 2.27. The number of carbonyl (C=O) groups excluding carboxylic acids is 1. The molecule has 14 nitrogen and oxygen atoms in total. The molecule has 2 saturated carbocycles. The first-order valence-corrected chi connectivity index (χ1v) is 15.8. The number of ether oxygens (including phenoxy) is 3. The summed E-state index contributed by atoms with van der Waals surface area (Å²) in [5.74, 6) is 1.24. The molecule has 2 aliphatic carbocycles. The average molecular weight is 637 g/mol. The first-order chi connectivity index (χ1) is 21.4. The third-order valence-corrected chi connectivity index (χ3v) is 7.96. The molecule has 2 heterocycles. The predicted octanol–water partition coefficient (Wildman–Crippen LogP) is 2.23. The summed E-state index contributed by atoms with van der Waals surface area (Å²) in [6.45, 7) is 3.27. The molecular weight excluding hydrogens is 592 g/mol. The molecule has 5 N–H and O–H groups in total. The number of nitrogens with one attached hydrogen (secondary N) is 4. The number of hydrogen-bond donors (Lipinski definition) is 5. The number of carbonyl (C=O) groups is 2. The van der Waals surface area contributed by atoms with Gasteiger partial charge in [-0.05, 0) is 50.9 Å². The number of carboxylic acid groups (broad SMARTS) is 1. The van der Waals surface area contributed by atoms with Crippen molar-refractivity contribution in [3.63, 3.8) is 0 Å². The molecule has 0 aliphatic heterocycles. The van der Waals surface area contributed by atoms with E-state index in [2.05, 4.69) is 31.3 Å². The van der Waals surface area contributed by atoms with Gasteiger partial charge in [-0.15, -0.1) is 0 Å². The highest BCUT2D eigenvalue weighted by molar-refractivity contribution is 6.33. The summed E-state index contributed by atoms with van der Waals surface area (Å²) < 4.78 is 18.0. The Hall–Kier alpha value is -3.04. The van der Waals surface area contributed by atoms with Crippen molar-refractivity contribution in [3.05, 3.63) is 23.1 Å². The summed E-state index contributed by atoms with van der Waals surface area (Å²) in [6.07, 6.45) is 9.76. The maximum Gasteiger partial charge on any atom is 0.404 e. The van der Waals surface area contributed by atoms with Crippen molar-refractivity contribution in [2.24, 2.45) is 13.0 Å². The van der Waals surface area contributed by atoms with Crippen LogP contribution in [0.1, 0.15) is 44.2 Å². The monoisotopic (exact) mass is 636 g/mol. The molecule has 2 aromatic heterocycles. The van der Waals surface area contributed by atoms with Crippen molar-refractivity contribution in [2.75, 3.05) is 64.6 Å². The van der Waals surface area contributed by atoms with Crippen molar-refractivity contribution in [1.82, 2.24) is 35.7 Å². The van der Waals surface area contributed by atoms with E-state index in [4.69, 9.17) is 35.9 Å². The first-order valence-electron chi connectivity index (χ1n) is 15.4. The van der Waals surface area contributed by atoms with E-state index in [9.17, 15) is 9.59 Å². The van der Waals surface area contributed by atoms with Crippen molar-refractivity contribution < 1.29 is 28.9 Å². The SMILES string of the molecule is Cn1ncc(-c2nc(N[C@H]3CC[C@H](NCC(=O)NCCOCCOCCOCCNC(=O)O)CC3)ncc2Cl)c1CC1CC1. The second kappa shape index (κ2) is 18.1. The van der Waals surface area contributed by atoms with Gasteiger partial charge in [0.15, 0.2) is 0 Å². The zero-order chi connectivity index (χ0) is 31.1. The van der Waals surface area contributed by atoms with Gasteiger partial charge in [0.2, 0.25) is 11.9 Å². The third-order valence-electron chi connectivity index (χ3n) is 7.69. The van der Waals surface area contributed by atoms with Gasteiger partial charge >= 0.3 is 6.09 Å². The molecule has 2 aromatic rings. The largest absolute Gasteiger partial charge is 0.465 e. The van der Waals surface area contributed by atoms with Gasteiger partial charge < -0.3 is 40.6 Å². The summed E-state index contributed by atoms with van der Waals surface area (Å²) in [7, 11) is 1.97. The second-order valence-electron chi connectivity index (χ2n) is 11.2. The fourth-order valence-corrected chi connectivity index (χ4v) is 5.28. The molecule has 0 bridgehead atoms. The van der Waals surface area contributed by atoms with E-state index in [1.165, 1.54) is 12.8 Å². The van der Waals surface area contributed by atoms with Crippen LogP contribution in [0.15, 0.2) is 12.4 Å². The van der Waals surface area contributed by atoms with Crippen molar-refractivity contribution in [2.45, 2.75) is 57.0 Å².